The summed E-state index contributed by atoms with van der Waals surface area (Å²) >= 11 is 0. The number of carbonyl (C=O) groups excluding carboxylic acids is 2. The maximum atomic E-state index is 14.2. The van der Waals surface area contributed by atoms with Gasteiger partial charge in [-0.3, -0.25) is 19.5 Å². The van der Waals surface area contributed by atoms with E-state index >= 15 is 0 Å². The van der Waals surface area contributed by atoms with E-state index in [4.69, 9.17) is 0 Å². The second-order valence-corrected chi connectivity index (χ2v) is 7.95. The lowest BCUT2D eigenvalue weighted by atomic mass is 10.2. The standard InChI is InChI=1S/C25H25FN4O2/c1-3-13-29(24(32)19-10-11-19)16-23(31)28-25-27-22(18-7-5-4-6-8-18)15-30(25)20-12-9-17(2)21(26)14-20/h3-9,12,14-15,19H,1,10-11,13,16H2,2H3,(H,27,28,31). The predicted molar refractivity (Wildman–Crippen MR) is 122 cm³/mol. The van der Waals surface area contributed by atoms with Crippen molar-refractivity contribution in [2.24, 2.45) is 5.92 Å². The molecule has 0 bridgehead atoms. The summed E-state index contributed by atoms with van der Waals surface area (Å²) in [6.07, 6.45) is 5.08. The van der Waals surface area contributed by atoms with Gasteiger partial charge < -0.3 is 4.90 Å². The van der Waals surface area contributed by atoms with E-state index in [9.17, 15) is 14.0 Å². The number of halogens is 1. The quantitative estimate of drug-likeness (QED) is 0.538. The summed E-state index contributed by atoms with van der Waals surface area (Å²) in [4.78, 5) is 31.4. The van der Waals surface area contributed by atoms with E-state index in [2.05, 4.69) is 16.9 Å². The highest BCUT2D eigenvalue weighted by atomic mass is 19.1. The molecule has 0 radical (unpaired) electrons. The van der Waals surface area contributed by atoms with Crippen LogP contribution in [0.5, 0.6) is 0 Å². The number of amides is 2. The van der Waals surface area contributed by atoms with Crippen LogP contribution in [0.15, 0.2) is 67.4 Å². The third kappa shape index (κ3) is 4.77. The number of rotatable bonds is 8. The zero-order valence-electron chi connectivity index (χ0n) is 17.9. The molecule has 1 aliphatic carbocycles. The molecule has 0 spiro atoms. The molecule has 4 rings (SSSR count). The number of anilines is 1. The Labute approximate surface area is 186 Å². The second-order valence-electron chi connectivity index (χ2n) is 7.95. The minimum absolute atomic E-state index is 0.00459. The fraction of sp³-hybridized carbons (Fsp3) is 0.240. The van der Waals surface area contributed by atoms with Crippen LogP contribution in [0.4, 0.5) is 10.3 Å². The normalized spacial score (nSPS) is 12.9. The molecule has 2 aromatic carbocycles. The maximum Gasteiger partial charge on any atom is 0.246 e. The van der Waals surface area contributed by atoms with Crippen molar-refractivity contribution in [3.8, 4) is 16.9 Å². The van der Waals surface area contributed by atoms with Crippen LogP contribution in [0, 0.1) is 18.7 Å². The Balaban J connectivity index is 1.63. The Morgan fingerprint density at radius 1 is 1.25 bits per heavy atom. The van der Waals surface area contributed by atoms with Crippen LogP contribution in [0.25, 0.3) is 16.9 Å². The number of carbonyl (C=O) groups is 2. The largest absolute Gasteiger partial charge is 0.329 e. The molecule has 1 heterocycles. The zero-order valence-corrected chi connectivity index (χ0v) is 17.9. The van der Waals surface area contributed by atoms with Gasteiger partial charge >= 0.3 is 0 Å². The first-order chi connectivity index (χ1) is 15.5. The van der Waals surface area contributed by atoms with Crippen molar-refractivity contribution < 1.29 is 14.0 Å². The number of aryl methyl sites for hydroxylation is 1. The highest BCUT2D eigenvalue weighted by Gasteiger charge is 2.33. The molecule has 0 atom stereocenters. The average molecular weight is 432 g/mol. The minimum Gasteiger partial charge on any atom is -0.329 e. The first-order valence-corrected chi connectivity index (χ1v) is 10.6. The van der Waals surface area contributed by atoms with Crippen molar-refractivity contribution >= 4 is 17.8 Å². The highest BCUT2D eigenvalue weighted by molar-refractivity contribution is 5.94. The zero-order chi connectivity index (χ0) is 22.7. The monoisotopic (exact) mass is 432 g/mol. The summed E-state index contributed by atoms with van der Waals surface area (Å²) < 4.78 is 15.9. The molecule has 32 heavy (non-hydrogen) atoms. The van der Waals surface area contributed by atoms with Crippen LogP contribution in [0.2, 0.25) is 0 Å². The van der Waals surface area contributed by atoms with Gasteiger partial charge in [-0.25, -0.2) is 9.37 Å². The maximum absolute atomic E-state index is 14.2. The number of benzene rings is 2. The van der Waals surface area contributed by atoms with E-state index in [1.807, 2.05) is 30.3 Å². The predicted octanol–water partition coefficient (Wildman–Crippen LogP) is 4.35. The summed E-state index contributed by atoms with van der Waals surface area (Å²) in [6.45, 7) is 5.57. The molecule has 1 fully saturated rings. The molecule has 164 valence electrons. The lowest BCUT2D eigenvalue weighted by molar-refractivity contribution is -0.135. The lowest BCUT2D eigenvalue weighted by Crippen LogP contribution is -2.39. The Morgan fingerprint density at radius 3 is 2.66 bits per heavy atom. The molecular weight excluding hydrogens is 407 g/mol. The molecule has 7 heteroatoms. The Hall–Kier alpha value is -3.74. The van der Waals surface area contributed by atoms with Gasteiger partial charge in [-0.2, -0.15) is 0 Å². The van der Waals surface area contributed by atoms with Gasteiger partial charge in [-0.1, -0.05) is 42.5 Å². The molecule has 1 N–H and O–H groups in total. The molecule has 0 saturated heterocycles. The number of hydrogen-bond acceptors (Lipinski definition) is 3. The van der Waals surface area contributed by atoms with Gasteiger partial charge in [0.2, 0.25) is 17.8 Å². The molecule has 1 saturated carbocycles. The van der Waals surface area contributed by atoms with Crippen LogP contribution >= 0.6 is 0 Å². The Kier molecular flexibility index (Phi) is 6.16. The van der Waals surface area contributed by atoms with Crippen molar-refractivity contribution in [3.63, 3.8) is 0 Å². The van der Waals surface area contributed by atoms with Crippen molar-refractivity contribution in [1.29, 1.82) is 0 Å². The van der Waals surface area contributed by atoms with Gasteiger partial charge in [-0.05, 0) is 37.5 Å². The van der Waals surface area contributed by atoms with Crippen molar-refractivity contribution in [2.45, 2.75) is 19.8 Å². The molecule has 1 aromatic heterocycles. The molecular formula is C25H25FN4O2. The molecule has 0 aliphatic heterocycles. The number of imidazole rings is 1. The van der Waals surface area contributed by atoms with Crippen LogP contribution in [0.1, 0.15) is 18.4 Å². The SMILES string of the molecule is C=CCN(CC(=O)Nc1nc(-c2ccccc2)cn1-c1ccc(C)c(F)c1)C(=O)C1CC1. The molecule has 2 amide bonds. The van der Waals surface area contributed by atoms with Gasteiger partial charge in [0.15, 0.2) is 0 Å². The van der Waals surface area contributed by atoms with Crippen LogP contribution < -0.4 is 5.32 Å². The highest BCUT2D eigenvalue weighted by Crippen LogP contribution is 2.31. The first kappa shape index (κ1) is 21.5. The number of hydrogen-bond donors (Lipinski definition) is 1. The van der Waals surface area contributed by atoms with Gasteiger partial charge in [0.1, 0.15) is 12.4 Å². The summed E-state index contributed by atoms with van der Waals surface area (Å²) in [5, 5.41) is 2.80. The van der Waals surface area contributed by atoms with Crippen molar-refractivity contribution in [1.82, 2.24) is 14.5 Å². The van der Waals surface area contributed by atoms with Gasteiger partial charge in [-0.15, -0.1) is 6.58 Å². The molecule has 3 aromatic rings. The van der Waals surface area contributed by atoms with Gasteiger partial charge in [0, 0.05) is 24.2 Å². The van der Waals surface area contributed by atoms with Gasteiger partial charge in [0.25, 0.3) is 0 Å². The molecule has 6 nitrogen and oxygen atoms in total. The third-order valence-corrected chi connectivity index (χ3v) is 5.38. The summed E-state index contributed by atoms with van der Waals surface area (Å²) in [6, 6.07) is 14.4. The van der Waals surface area contributed by atoms with Crippen LogP contribution in [0.3, 0.4) is 0 Å². The van der Waals surface area contributed by atoms with E-state index in [0.29, 0.717) is 23.5 Å². The van der Waals surface area contributed by atoms with E-state index in [1.54, 1.807) is 35.9 Å². The van der Waals surface area contributed by atoms with E-state index in [-0.39, 0.29) is 36.0 Å². The summed E-state index contributed by atoms with van der Waals surface area (Å²) in [5.74, 6) is -0.490. The average Bonchev–Trinajstić information content (AvgIpc) is 3.56. The third-order valence-electron chi connectivity index (χ3n) is 5.38. The minimum atomic E-state index is -0.375. The summed E-state index contributed by atoms with van der Waals surface area (Å²) in [7, 11) is 0. The topological polar surface area (TPSA) is 67.2 Å². The Bertz CT molecular complexity index is 1150. The fourth-order valence-corrected chi connectivity index (χ4v) is 3.46. The lowest BCUT2D eigenvalue weighted by Gasteiger charge is -2.20. The van der Waals surface area contributed by atoms with E-state index in [0.717, 1.165) is 18.4 Å². The molecule has 1 aliphatic rings. The van der Waals surface area contributed by atoms with E-state index < -0.39 is 0 Å². The molecule has 0 unspecified atom stereocenters. The second kappa shape index (κ2) is 9.18. The van der Waals surface area contributed by atoms with Crippen molar-refractivity contribution in [3.05, 3.63) is 78.8 Å². The Morgan fingerprint density at radius 2 is 2.00 bits per heavy atom. The van der Waals surface area contributed by atoms with Crippen molar-refractivity contribution in [2.75, 3.05) is 18.4 Å². The number of aromatic nitrogens is 2. The van der Waals surface area contributed by atoms with Crippen LogP contribution in [-0.2, 0) is 9.59 Å². The first-order valence-electron chi connectivity index (χ1n) is 10.6. The number of nitrogens with one attached hydrogen (secondary N) is 1. The van der Waals surface area contributed by atoms with Gasteiger partial charge in [0.05, 0.1) is 11.4 Å². The van der Waals surface area contributed by atoms with E-state index in [1.165, 1.54) is 11.0 Å². The smallest absolute Gasteiger partial charge is 0.246 e. The fourth-order valence-electron chi connectivity index (χ4n) is 3.46. The van der Waals surface area contributed by atoms with Crippen LogP contribution in [-0.4, -0.2) is 39.4 Å². The number of nitrogens with zero attached hydrogens (tertiary/aromatic N) is 3. The summed E-state index contributed by atoms with van der Waals surface area (Å²) in [5.41, 5.74) is 2.57.